The third-order valence-electron chi connectivity index (χ3n) is 5.48. The number of rotatable bonds is 5. The molecule has 1 aliphatic heterocycles. The highest BCUT2D eigenvalue weighted by Gasteiger charge is 2.21. The molecule has 0 radical (unpaired) electrons. The number of amides is 1. The van der Waals surface area contributed by atoms with Gasteiger partial charge in [0.2, 0.25) is 11.1 Å². The zero-order valence-corrected chi connectivity index (χ0v) is 17.9. The molecular weight excluding hydrogens is 412 g/mol. The number of hydrogen-bond donors (Lipinski definition) is 1. The van der Waals surface area contributed by atoms with E-state index in [2.05, 4.69) is 37.2 Å². The topological polar surface area (TPSA) is 87.2 Å². The number of anilines is 1. The first kappa shape index (κ1) is 19.6. The molecular formula is C22H22N6O2S. The van der Waals surface area contributed by atoms with Crippen LogP contribution in [0.3, 0.4) is 0 Å². The van der Waals surface area contributed by atoms with Crippen molar-refractivity contribution in [3.8, 4) is 5.75 Å². The van der Waals surface area contributed by atoms with Crippen molar-refractivity contribution in [1.82, 2.24) is 25.1 Å². The van der Waals surface area contributed by atoms with Gasteiger partial charge in [0.05, 0.1) is 12.9 Å². The van der Waals surface area contributed by atoms with Crippen molar-refractivity contribution in [3.63, 3.8) is 0 Å². The number of piperazine rings is 1. The van der Waals surface area contributed by atoms with Gasteiger partial charge in [-0.05, 0) is 30.3 Å². The van der Waals surface area contributed by atoms with E-state index in [0.717, 1.165) is 42.8 Å². The molecule has 2 aromatic carbocycles. The summed E-state index contributed by atoms with van der Waals surface area (Å²) >= 11 is 1.32. The Bertz CT molecular complexity index is 1220. The summed E-state index contributed by atoms with van der Waals surface area (Å²) in [5.74, 6) is 1.15. The van der Waals surface area contributed by atoms with Crippen LogP contribution < -0.4 is 9.64 Å². The van der Waals surface area contributed by atoms with E-state index >= 15 is 0 Å². The number of nitrogens with zero attached hydrogens (tertiary/aromatic N) is 5. The molecule has 1 saturated heterocycles. The van der Waals surface area contributed by atoms with Crippen LogP contribution in [0.1, 0.15) is 0 Å². The quantitative estimate of drug-likeness (QED) is 0.483. The molecule has 1 N–H and O–H groups in total. The lowest BCUT2D eigenvalue weighted by Gasteiger charge is -2.36. The number of hydrogen-bond acceptors (Lipinski definition) is 7. The minimum absolute atomic E-state index is 0.0998. The van der Waals surface area contributed by atoms with Crippen LogP contribution in [-0.2, 0) is 4.79 Å². The Hall–Kier alpha value is -3.33. The SMILES string of the molecule is COc1ccc2[nH]c3nc(SCC(=O)N4CCN(c5ccccc5)CC4)nnc3c2c1. The van der Waals surface area contributed by atoms with E-state index in [1.807, 2.05) is 41.3 Å². The smallest absolute Gasteiger partial charge is 0.233 e. The predicted molar refractivity (Wildman–Crippen MR) is 122 cm³/mol. The predicted octanol–water partition coefficient (Wildman–Crippen LogP) is 2.96. The van der Waals surface area contributed by atoms with Gasteiger partial charge in [0.1, 0.15) is 11.3 Å². The Kier molecular flexibility index (Phi) is 5.33. The number of fused-ring (bicyclic) bond motifs is 3. The summed E-state index contributed by atoms with van der Waals surface area (Å²) in [4.78, 5) is 24.7. The molecule has 5 rings (SSSR count). The number of nitrogens with one attached hydrogen (secondary N) is 1. The average Bonchev–Trinajstić information content (AvgIpc) is 3.20. The van der Waals surface area contributed by atoms with Gasteiger partial charge in [-0.25, -0.2) is 4.98 Å². The van der Waals surface area contributed by atoms with E-state index in [9.17, 15) is 4.79 Å². The van der Waals surface area contributed by atoms with Crippen molar-refractivity contribution in [2.24, 2.45) is 0 Å². The van der Waals surface area contributed by atoms with Gasteiger partial charge in [-0.15, -0.1) is 10.2 Å². The van der Waals surface area contributed by atoms with Gasteiger partial charge in [-0.1, -0.05) is 30.0 Å². The zero-order valence-electron chi connectivity index (χ0n) is 17.1. The highest BCUT2D eigenvalue weighted by atomic mass is 32.2. The van der Waals surface area contributed by atoms with Crippen molar-refractivity contribution in [3.05, 3.63) is 48.5 Å². The highest BCUT2D eigenvalue weighted by molar-refractivity contribution is 7.99. The standard InChI is InChI=1S/C22H22N6O2S/c1-30-16-7-8-18-17(13-16)20-21(23-18)24-22(26-25-20)31-14-19(29)28-11-9-27(10-12-28)15-5-3-2-4-6-15/h2-8,13H,9-12,14H2,1H3,(H,23,24,26). The molecule has 9 heteroatoms. The lowest BCUT2D eigenvalue weighted by Crippen LogP contribution is -2.49. The van der Waals surface area contributed by atoms with Crippen LogP contribution in [0, 0.1) is 0 Å². The number of aromatic nitrogens is 4. The number of H-pyrrole nitrogens is 1. The van der Waals surface area contributed by atoms with Crippen molar-refractivity contribution >= 4 is 45.4 Å². The van der Waals surface area contributed by atoms with Crippen LogP contribution in [0.2, 0.25) is 0 Å². The Labute approximate surface area is 183 Å². The number of thioether (sulfide) groups is 1. The molecule has 0 spiro atoms. The van der Waals surface area contributed by atoms with Gasteiger partial charge < -0.3 is 19.5 Å². The molecule has 2 aromatic heterocycles. The summed E-state index contributed by atoms with van der Waals surface area (Å²) in [6.45, 7) is 3.11. The third-order valence-corrected chi connectivity index (χ3v) is 6.30. The monoisotopic (exact) mass is 434 g/mol. The maximum atomic E-state index is 12.7. The second-order valence-corrected chi connectivity index (χ2v) is 8.26. The number of carbonyl (C=O) groups excluding carboxylic acids is 1. The van der Waals surface area contributed by atoms with E-state index in [-0.39, 0.29) is 5.91 Å². The van der Waals surface area contributed by atoms with Crippen LogP contribution in [0.5, 0.6) is 5.75 Å². The molecule has 31 heavy (non-hydrogen) atoms. The first-order chi connectivity index (χ1) is 15.2. The summed E-state index contributed by atoms with van der Waals surface area (Å²) in [6.07, 6.45) is 0. The number of aromatic amines is 1. The van der Waals surface area contributed by atoms with Crippen molar-refractivity contribution in [2.75, 3.05) is 43.9 Å². The highest BCUT2D eigenvalue weighted by Crippen LogP contribution is 2.27. The van der Waals surface area contributed by atoms with Crippen molar-refractivity contribution in [1.29, 1.82) is 0 Å². The largest absolute Gasteiger partial charge is 0.497 e. The van der Waals surface area contributed by atoms with Crippen LogP contribution in [0.15, 0.2) is 53.7 Å². The van der Waals surface area contributed by atoms with E-state index in [4.69, 9.17) is 4.74 Å². The molecule has 1 aliphatic rings. The van der Waals surface area contributed by atoms with Crippen molar-refractivity contribution < 1.29 is 9.53 Å². The minimum Gasteiger partial charge on any atom is -0.497 e. The average molecular weight is 435 g/mol. The number of para-hydroxylation sites is 1. The second-order valence-electron chi connectivity index (χ2n) is 7.32. The summed E-state index contributed by atoms with van der Waals surface area (Å²) in [5.41, 5.74) is 3.48. The molecule has 4 aromatic rings. The summed E-state index contributed by atoms with van der Waals surface area (Å²) in [7, 11) is 1.63. The first-order valence-corrected chi connectivity index (χ1v) is 11.1. The molecule has 158 valence electrons. The second kappa shape index (κ2) is 8.43. The number of methoxy groups -OCH3 is 1. The normalized spacial score (nSPS) is 14.4. The Morgan fingerprint density at radius 2 is 1.90 bits per heavy atom. The molecule has 0 bridgehead atoms. The van der Waals surface area contributed by atoms with Gasteiger partial charge in [0.15, 0.2) is 5.65 Å². The van der Waals surface area contributed by atoms with Crippen molar-refractivity contribution in [2.45, 2.75) is 5.16 Å². The Morgan fingerprint density at radius 1 is 1.10 bits per heavy atom. The van der Waals surface area contributed by atoms with E-state index in [0.29, 0.717) is 22.1 Å². The van der Waals surface area contributed by atoms with E-state index in [1.165, 1.54) is 17.4 Å². The van der Waals surface area contributed by atoms with Crippen LogP contribution in [0.25, 0.3) is 22.1 Å². The summed E-state index contributed by atoms with van der Waals surface area (Å²) < 4.78 is 5.29. The number of benzene rings is 2. The van der Waals surface area contributed by atoms with E-state index in [1.54, 1.807) is 7.11 Å². The molecule has 8 nitrogen and oxygen atoms in total. The number of carbonyl (C=O) groups is 1. The maximum Gasteiger partial charge on any atom is 0.233 e. The van der Waals surface area contributed by atoms with Gasteiger partial charge in [-0.2, -0.15) is 0 Å². The minimum atomic E-state index is 0.0998. The van der Waals surface area contributed by atoms with Gasteiger partial charge >= 0.3 is 0 Å². The summed E-state index contributed by atoms with van der Waals surface area (Å²) in [6, 6.07) is 16.0. The van der Waals surface area contributed by atoms with Gasteiger partial charge in [-0.3, -0.25) is 4.79 Å². The first-order valence-electron chi connectivity index (χ1n) is 10.1. The molecule has 0 unspecified atom stereocenters. The fourth-order valence-electron chi connectivity index (χ4n) is 3.79. The Balaban J connectivity index is 1.21. The molecule has 3 heterocycles. The van der Waals surface area contributed by atoms with Crippen LogP contribution in [0.4, 0.5) is 5.69 Å². The fraction of sp³-hybridized carbons (Fsp3) is 0.273. The molecule has 1 fully saturated rings. The molecule has 0 saturated carbocycles. The van der Waals surface area contributed by atoms with Gasteiger partial charge in [0.25, 0.3) is 0 Å². The maximum absolute atomic E-state index is 12.7. The van der Waals surface area contributed by atoms with Crippen LogP contribution >= 0.6 is 11.8 Å². The van der Waals surface area contributed by atoms with Gasteiger partial charge in [0, 0.05) is 42.8 Å². The summed E-state index contributed by atoms with van der Waals surface area (Å²) in [5, 5.41) is 9.95. The Morgan fingerprint density at radius 3 is 2.68 bits per heavy atom. The molecule has 1 amide bonds. The lowest BCUT2D eigenvalue weighted by atomic mass is 10.2. The van der Waals surface area contributed by atoms with E-state index < -0.39 is 0 Å². The molecule has 0 atom stereocenters. The number of ether oxygens (including phenoxy) is 1. The lowest BCUT2D eigenvalue weighted by molar-refractivity contribution is -0.128. The molecule has 0 aliphatic carbocycles. The fourth-order valence-corrected chi connectivity index (χ4v) is 4.48. The van der Waals surface area contributed by atoms with Crippen LogP contribution in [-0.4, -0.2) is 70.0 Å². The zero-order chi connectivity index (χ0) is 21.2. The third kappa shape index (κ3) is 4.00.